The lowest BCUT2D eigenvalue weighted by atomic mass is 10.0. The Balaban J connectivity index is 2.19. The predicted octanol–water partition coefficient (Wildman–Crippen LogP) is 3.01. The van der Waals surface area contributed by atoms with Gasteiger partial charge < -0.3 is 10.4 Å². The van der Waals surface area contributed by atoms with Gasteiger partial charge in [0.15, 0.2) is 0 Å². The van der Waals surface area contributed by atoms with Gasteiger partial charge in [-0.2, -0.15) is 0 Å². The molecule has 0 aliphatic heterocycles. The van der Waals surface area contributed by atoms with E-state index in [2.05, 4.69) is 49.5 Å². The molecule has 0 radical (unpaired) electrons. The Labute approximate surface area is 111 Å². The van der Waals surface area contributed by atoms with Crippen LogP contribution in [-0.4, -0.2) is 24.3 Å². The minimum Gasteiger partial charge on any atom is -0.396 e. The zero-order valence-electron chi connectivity index (χ0n) is 11.7. The second kappa shape index (κ2) is 9.12. The van der Waals surface area contributed by atoms with E-state index in [1.807, 2.05) is 0 Å². The molecule has 1 aromatic carbocycles. The Morgan fingerprint density at radius 3 is 2.50 bits per heavy atom. The van der Waals surface area contributed by atoms with Gasteiger partial charge >= 0.3 is 0 Å². The first-order chi connectivity index (χ1) is 8.76. The van der Waals surface area contributed by atoms with E-state index in [1.54, 1.807) is 0 Å². The molecule has 0 saturated heterocycles. The molecule has 0 fully saturated rings. The summed E-state index contributed by atoms with van der Waals surface area (Å²) in [6, 6.07) is 11.2. The predicted molar refractivity (Wildman–Crippen MR) is 77.7 cm³/mol. The summed E-state index contributed by atoms with van der Waals surface area (Å²) in [6.45, 7) is 5.76. The standard InChI is InChI=1S/C16H27NO/c1-3-15(11-12-18)13-17-14(2)9-10-16-7-5-4-6-8-16/h4-8,14-15,17-18H,3,9-13H2,1-2H3. The molecule has 1 rings (SSSR count). The topological polar surface area (TPSA) is 32.3 Å². The molecule has 0 amide bonds. The van der Waals surface area contributed by atoms with Crippen LogP contribution in [0.4, 0.5) is 0 Å². The third-order valence-electron chi connectivity index (χ3n) is 3.58. The van der Waals surface area contributed by atoms with Crippen LogP contribution in [0.5, 0.6) is 0 Å². The summed E-state index contributed by atoms with van der Waals surface area (Å²) < 4.78 is 0. The number of aliphatic hydroxyl groups is 1. The molecule has 102 valence electrons. The van der Waals surface area contributed by atoms with Gasteiger partial charge in [-0.25, -0.2) is 0 Å². The van der Waals surface area contributed by atoms with Gasteiger partial charge in [-0.15, -0.1) is 0 Å². The minimum atomic E-state index is 0.304. The molecule has 0 bridgehead atoms. The second-order valence-electron chi connectivity index (χ2n) is 5.12. The SMILES string of the molecule is CCC(CCO)CNC(C)CCc1ccccc1. The highest BCUT2D eigenvalue weighted by atomic mass is 16.3. The summed E-state index contributed by atoms with van der Waals surface area (Å²) in [5.74, 6) is 0.606. The molecule has 0 spiro atoms. The first kappa shape index (κ1) is 15.2. The van der Waals surface area contributed by atoms with Gasteiger partial charge in [0.25, 0.3) is 0 Å². The fraction of sp³-hybridized carbons (Fsp3) is 0.625. The number of nitrogens with one attached hydrogen (secondary N) is 1. The van der Waals surface area contributed by atoms with Gasteiger partial charge in [-0.3, -0.25) is 0 Å². The van der Waals surface area contributed by atoms with Crippen LogP contribution in [0.3, 0.4) is 0 Å². The highest BCUT2D eigenvalue weighted by Gasteiger charge is 2.08. The van der Waals surface area contributed by atoms with Crippen molar-refractivity contribution >= 4 is 0 Å². The summed E-state index contributed by atoms with van der Waals surface area (Å²) in [6.07, 6.45) is 4.35. The number of aryl methyl sites for hydroxylation is 1. The smallest absolute Gasteiger partial charge is 0.0434 e. The molecule has 1 aromatic rings. The third kappa shape index (κ3) is 6.18. The molecule has 0 aliphatic rings. The van der Waals surface area contributed by atoms with Crippen molar-refractivity contribution in [2.45, 2.75) is 45.6 Å². The largest absolute Gasteiger partial charge is 0.396 e. The molecule has 2 atom stereocenters. The number of hydrogen-bond acceptors (Lipinski definition) is 2. The fourth-order valence-corrected chi connectivity index (χ4v) is 2.13. The number of aliphatic hydroxyl groups excluding tert-OH is 1. The van der Waals surface area contributed by atoms with Crippen LogP contribution in [0.25, 0.3) is 0 Å². The Morgan fingerprint density at radius 2 is 1.89 bits per heavy atom. The van der Waals surface area contributed by atoms with Crippen molar-refractivity contribution in [1.82, 2.24) is 5.32 Å². The summed E-state index contributed by atoms with van der Waals surface area (Å²) >= 11 is 0. The molecule has 2 nitrogen and oxygen atoms in total. The van der Waals surface area contributed by atoms with E-state index in [0.29, 0.717) is 18.6 Å². The van der Waals surface area contributed by atoms with Crippen LogP contribution in [0.2, 0.25) is 0 Å². The summed E-state index contributed by atoms with van der Waals surface area (Å²) in [5, 5.41) is 12.5. The number of benzene rings is 1. The molecule has 18 heavy (non-hydrogen) atoms. The summed E-state index contributed by atoms with van der Waals surface area (Å²) in [7, 11) is 0. The van der Waals surface area contributed by atoms with Crippen molar-refractivity contribution in [2.24, 2.45) is 5.92 Å². The maximum atomic E-state index is 8.96. The molecule has 0 aromatic heterocycles. The molecule has 0 saturated carbocycles. The Kier molecular flexibility index (Phi) is 7.70. The molecule has 2 N–H and O–H groups in total. The van der Waals surface area contributed by atoms with Crippen molar-refractivity contribution in [3.8, 4) is 0 Å². The summed E-state index contributed by atoms with van der Waals surface area (Å²) in [4.78, 5) is 0. The van der Waals surface area contributed by atoms with Gasteiger partial charge in [0, 0.05) is 12.6 Å². The average Bonchev–Trinajstić information content (AvgIpc) is 2.42. The zero-order chi connectivity index (χ0) is 13.2. The second-order valence-corrected chi connectivity index (χ2v) is 5.12. The normalized spacial score (nSPS) is 14.4. The van der Waals surface area contributed by atoms with Crippen LogP contribution in [0.1, 0.15) is 38.7 Å². The lowest BCUT2D eigenvalue weighted by Crippen LogP contribution is -2.31. The van der Waals surface area contributed by atoms with Crippen molar-refractivity contribution in [2.75, 3.05) is 13.2 Å². The number of rotatable bonds is 9. The summed E-state index contributed by atoms with van der Waals surface area (Å²) in [5.41, 5.74) is 1.41. The fourth-order valence-electron chi connectivity index (χ4n) is 2.13. The van der Waals surface area contributed by atoms with Crippen LogP contribution in [0.15, 0.2) is 30.3 Å². The van der Waals surface area contributed by atoms with E-state index in [1.165, 1.54) is 12.0 Å². The molecule has 0 aliphatic carbocycles. The molecule has 2 heteroatoms. The van der Waals surface area contributed by atoms with E-state index in [4.69, 9.17) is 5.11 Å². The maximum absolute atomic E-state index is 8.96. The van der Waals surface area contributed by atoms with Gasteiger partial charge in [-0.1, -0.05) is 43.7 Å². The molecule has 2 unspecified atom stereocenters. The Morgan fingerprint density at radius 1 is 1.17 bits per heavy atom. The van der Waals surface area contributed by atoms with Crippen molar-refractivity contribution in [3.63, 3.8) is 0 Å². The van der Waals surface area contributed by atoms with Gasteiger partial charge in [0.2, 0.25) is 0 Å². The Hall–Kier alpha value is -0.860. The quantitative estimate of drug-likeness (QED) is 0.705. The molecular formula is C16H27NO. The van der Waals surface area contributed by atoms with Gasteiger partial charge in [-0.05, 0) is 44.2 Å². The van der Waals surface area contributed by atoms with Crippen molar-refractivity contribution in [3.05, 3.63) is 35.9 Å². The van der Waals surface area contributed by atoms with Crippen LogP contribution >= 0.6 is 0 Å². The maximum Gasteiger partial charge on any atom is 0.0434 e. The van der Waals surface area contributed by atoms with Crippen molar-refractivity contribution < 1.29 is 5.11 Å². The molecular weight excluding hydrogens is 222 g/mol. The van der Waals surface area contributed by atoms with E-state index in [0.717, 1.165) is 25.8 Å². The van der Waals surface area contributed by atoms with Gasteiger partial charge in [0.1, 0.15) is 0 Å². The van der Waals surface area contributed by atoms with E-state index in [9.17, 15) is 0 Å². The first-order valence-electron chi connectivity index (χ1n) is 7.14. The molecule has 0 heterocycles. The van der Waals surface area contributed by atoms with Crippen LogP contribution in [0, 0.1) is 5.92 Å². The number of hydrogen-bond donors (Lipinski definition) is 2. The Bertz CT molecular complexity index is 299. The van der Waals surface area contributed by atoms with Crippen molar-refractivity contribution in [1.29, 1.82) is 0 Å². The lowest BCUT2D eigenvalue weighted by Gasteiger charge is -2.19. The van der Waals surface area contributed by atoms with E-state index >= 15 is 0 Å². The highest BCUT2D eigenvalue weighted by Crippen LogP contribution is 2.08. The third-order valence-corrected chi connectivity index (χ3v) is 3.58. The van der Waals surface area contributed by atoms with Crippen LogP contribution in [-0.2, 0) is 6.42 Å². The lowest BCUT2D eigenvalue weighted by molar-refractivity contribution is 0.248. The highest BCUT2D eigenvalue weighted by molar-refractivity contribution is 5.14. The first-order valence-corrected chi connectivity index (χ1v) is 7.14. The zero-order valence-corrected chi connectivity index (χ0v) is 11.7. The van der Waals surface area contributed by atoms with E-state index in [-0.39, 0.29) is 0 Å². The monoisotopic (exact) mass is 249 g/mol. The van der Waals surface area contributed by atoms with Crippen LogP contribution < -0.4 is 5.32 Å². The van der Waals surface area contributed by atoms with Gasteiger partial charge in [0.05, 0.1) is 0 Å². The average molecular weight is 249 g/mol. The minimum absolute atomic E-state index is 0.304. The van der Waals surface area contributed by atoms with E-state index < -0.39 is 0 Å².